The molecule has 0 aromatic heterocycles. The Kier molecular flexibility index (Phi) is 9.35. The van der Waals surface area contributed by atoms with Gasteiger partial charge in [-0.15, -0.1) is 0 Å². The summed E-state index contributed by atoms with van der Waals surface area (Å²) in [6.07, 6.45) is -0.886. The monoisotopic (exact) mass is 613 g/mol. The van der Waals surface area contributed by atoms with Crippen molar-refractivity contribution < 1.29 is 31.7 Å². The van der Waals surface area contributed by atoms with Gasteiger partial charge in [0.2, 0.25) is 0 Å². The second-order valence-electron chi connectivity index (χ2n) is 11.1. The first kappa shape index (κ1) is 30.8. The third kappa shape index (κ3) is 7.29. The van der Waals surface area contributed by atoms with Crippen molar-refractivity contribution in [3.63, 3.8) is 0 Å². The highest BCUT2D eigenvalue weighted by molar-refractivity contribution is 7.87. The van der Waals surface area contributed by atoms with Gasteiger partial charge < -0.3 is 19.0 Å². The molecule has 0 bridgehead atoms. The molecule has 1 aliphatic carbocycles. The SMILES string of the molecule is Cc1ccc(S(=O)(=O)Oc2ccc(C(CNC(=O)OCC3c4ccccc4-c4ccccc43)CC(=O)OC(C)C)cc2)cc1. The van der Waals surface area contributed by atoms with Crippen LogP contribution in [0.25, 0.3) is 11.1 Å². The molecule has 1 atom stereocenters. The predicted molar refractivity (Wildman–Crippen MR) is 167 cm³/mol. The fourth-order valence-electron chi connectivity index (χ4n) is 5.35. The summed E-state index contributed by atoms with van der Waals surface area (Å²) in [5, 5.41) is 2.79. The summed E-state index contributed by atoms with van der Waals surface area (Å²) in [6.45, 7) is 5.67. The third-order valence-electron chi connectivity index (χ3n) is 7.48. The van der Waals surface area contributed by atoms with Crippen molar-refractivity contribution in [3.05, 3.63) is 119 Å². The molecule has 228 valence electrons. The van der Waals surface area contributed by atoms with Gasteiger partial charge in [-0.1, -0.05) is 78.4 Å². The first-order valence-electron chi connectivity index (χ1n) is 14.5. The summed E-state index contributed by atoms with van der Waals surface area (Å²) in [5.41, 5.74) is 6.14. The maximum absolute atomic E-state index is 12.9. The molecule has 4 aromatic rings. The lowest BCUT2D eigenvalue weighted by atomic mass is 9.95. The van der Waals surface area contributed by atoms with E-state index in [9.17, 15) is 18.0 Å². The summed E-state index contributed by atoms with van der Waals surface area (Å²) in [6, 6.07) is 29.0. The standard InChI is InChI=1S/C35H35NO7S/c1-23(2)42-34(37)20-26(25-14-16-27(17-15-25)43-44(39,40)28-18-12-24(3)13-19-28)21-36-35(38)41-22-33-31-10-6-4-8-29(31)30-9-5-7-11-32(30)33/h4-19,23,26,33H,20-22H2,1-3H3,(H,36,38). The topological polar surface area (TPSA) is 108 Å². The molecule has 1 aliphatic rings. The number of alkyl carbamates (subject to hydrolysis) is 1. The Balaban J connectivity index is 1.24. The van der Waals surface area contributed by atoms with Crippen molar-refractivity contribution in [1.29, 1.82) is 0 Å². The van der Waals surface area contributed by atoms with Gasteiger partial charge in [-0.2, -0.15) is 8.42 Å². The van der Waals surface area contributed by atoms with E-state index >= 15 is 0 Å². The summed E-state index contributed by atoms with van der Waals surface area (Å²) in [7, 11) is -4.02. The van der Waals surface area contributed by atoms with Gasteiger partial charge in [0.1, 0.15) is 17.3 Å². The van der Waals surface area contributed by atoms with Crippen LogP contribution in [0.2, 0.25) is 0 Å². The maximum Gasteiger partial charge on any atom is 0.407 e. The lowest BCUT2D eigenvalue weighted by Gasteiger charge is -2.20. The van der Waals surface area contributed by atoms with E-state index in [-0.39, 0.29) is 42.2 Å². The average Bonchev–Trinajstić information content (AvgIpc) is 3.32. The number of carbonyl (C=O) groups excluding carboxylic acids is 2. The van der Waals surface area contributed by atoms with Crippen molar-refractivity contribution in [1.82, 2.24) is 5.32 Å². The van der Waals surface area contributed by atoms with E-state index in [0.29, 0.717) is 5.56 Å². The number of esters is 1. The first-order chi connectivity index (χ1) is 21.1. The Morgan fingerprint density at radius 3 is 2.00 bits per heavy atom. The van der Waals surface area contributed by atoms with Crippen molar-refractivity contribution in [3.8, 4) is 16.9 Å². The number of benzene rings is 4. The summed E-state index contributed by atoms with van der Waals surface area (Å²) in [4.78, 5) is 25.5. The van der Waals surface area contributed by atoms with E-state index in [1.165, 1.54) is 24.3 Å². The van der Waals surface area contributed by atoms with E-state index in [2.05, 4.69) is 29.6 Å². The molecule has 0 aliphatic heterocycles. The molecule has 1 N–H and O–H groups in total. The maximum atomic E-state index is 12.9. The summed E-state index contributed by atoms with van der Waals surface area (Å²) < 4.78 is 41.7. The zero-order chi connectivity index (χ0) is 31.3. The molecule has 5 rings (SSSR count). The Morgan fingerprint density at radius 1 is 0.818 bits per heavy atom. The van der Waals surface area contributed by atoms with E-state index in [1.54, 1.807) is 38.1 Å². The molecule has 1 amide bonds. The van der Waals surface area contributed by atoms with Crippen LogP contribution in [0.4, 0.5) is 4.79 Å². The smallest absolute Gasteiger partial charge is 0.407 e. The number of fused-ring (bicyclic) bond motifs is 3. The van der Waals surface area contributed by atoms with Crippen LogP contribution in [0.15, 0.2) is 102 Å². The predicted octanol–water partition coefficient (Wildman–Crippen LogP) is 6.73. The molecule has 1 unspecified atom stereocenters. The molecular formula is C35H35NO7S. The van der Waals surface area contributed by atoms with Crippen LogP contribution in [-0.2, 0) is 24.4 Å². The van der Waals surface area contributed by atoms with Crippen molar-refractivity contribution in [2.75, 3.05) is 13.2 Å². The number of nitrogens with one attached hydrogen (secondary N) is 1. The number of carbonyl (C=O) groups is 2. The molecule has 0 radical (unpaired) electrons. The Morgan fingerprint density at radius 2 is 1.41 bits per heavy atom. The van der Waals surface area contributed by atoms with E-state index < -0.39 is 28.1 Å². The van der Waals surface area contributed by atoms with Gasteiger partial charge in [-0.25, -0.2) is 4.79 Å². The minimum Gasteiger partial charge on any atom is -0.463 e. The number of amides is 1. The molecule has 0 fully saturated rings. The lowest BCUT2D eigenvalue weighted by molar-refractivity contribution is -0.147. The largest absolute Gasteiger partial charge is 0.463 e. The quantitative estimate of drug-likeness (QED) is 0.148. The van der Waals surface area contributed by atoms with Crippen LogP contribution in [0.5, 0.6) is 5.75 Å². The van der Waals surface area contributed by atoms with Gasteiger partial charge in [0.25, 0.3) is 0 Å². The van der Waals surface area contributed by atoms with Crippen LogP contribution in [0.3, 0.4) is 0 Å². The third-order valence-corrected chi connectivity index (χ3v) is 8.75. The fraction of sp³-hybridized carbons (Fsp3) is 0.257. The van der Waals surface area contributed by atoms with E-state index in [0.717, 1.165) is 27.8 Å². The summed E-state index contributed by atoms with van der Waals surface area (Å²) in [5.74, 6) is -0.817. The zero-order valence-corrected chi connectivity index (χ0v) is 25.7. The molecule has 8 nitrogen and oxygen atoms in total. The van der Waals surface area contributed by atoms with Gasteiger partial charge >= 0.3 is 22.2 Å². The normalized spacial score (nSPS) is 13.1. The fourth-order valence-corrected chi connectivity index (χ4v) is 6.28. The Hall–Kier alpha value is -4.63. The first-order valence-corrected chi connectivity index (χ1v) is 15.9. The number of hydrogen-bond donors (Lipinski definition) is 1. The lowest BCUT2D eigenvalue weighted by Crippen LogP contribution is -2.31. The molecular weight excluding hydrogens is 578 g/mol. The van der Waals surface area contributed by atoms with Crippen LogP contribution in [0.1, 0.15) is 54.4 Å². The number of rotatable bonds is 11. The van der Waals surface area contributed by atoms with Gasteiger partial charge in [-0.05, 0) is 72.9 Å². The summed E-state index contributed by atoms with van der Waals surface area (Å²) >= 11 is 0. The average molecular weight is 614 g/mol. The van der Waals surface area contributed by atoms with Crippen LogP contribution < -0.4 is 9.50 Å². The minimum atomic E-state index is -4.02. The zero-order valence-electron chi connectivity index (χ0n) is 24.9. The van der Waals surface area contributed by atoms with Gasteiger partial charge in [0.05, 0.1) is 12.5 Å². The number of ether oxygens (including phenoxy) is 2. The second-order valence-corrected chi connectivity index (χ2v) is 12.6. The highest BCUT2D eigenvalue weighted by Gasteiger charge is 2.29. The molecule has 0 saturated heterocycles. The molecule has 0 saturated carbocycles. The highest BCUT2D eigenvalue weighted by Crippen LogP contribution is 2.44. The Bertz CT molecular complexity index is 1690. The van der Waals surface area contributed by atoms with Crippen molar-refractivity contribution in [2.24, 2.45) is 0 Å². The van der Waals surface area contributed by atoms with Crippen LogP contribution >= 0.6 is 0 Å². The second kappa shape index (κ2) is 13.3. The van der Waals surface area contributed by atoms with Gasteiger partial charge in [0.15, 0.2) is 0 Å². The van der Waals surface area contributed by atoms with Crippen LogP contribution in [0, 0.1) is 6.92 Å². The van der Waals surface area contributed by atoms with E-state index in [4.69, 9.17) is 13.7 Å². The number of hydrogen-bond acceptors (Lipinski definition) is 7. The highest BCUT2D eigenvalue weighted by atomic mass is 32.2. The van der Waals surface area contributed by atoms with Gasteiger partial charge in [0, 0.05) is 18.4 Å². The molecule has 9 heteroatoms. The molecule has 4 aromatic carbocycles. The van der Waals surface area contributed by atoms with E-state index in [1.807, 2.05) is 31.2 Å². The Labute approximate surface area is 258 Å². The molecule has 0 heterocycles. The minimum absolute atomic E-state index is 0.00368. The van der Waals surface area contributed by atoms with Gasteiger partial charge in [-0.3, -0.25) is 4.79 Å². The molecule has 44 heavy (non-hydrogen) atoms. The number of aryl methyl sites for hydroxylation is 1. The van der Waals surface area contributed by atoms with Crippen LogP contribution in [-0.4, -0.2) is 39.7 Å². The molecule has 0 spiro atoms. The van der Waals surface area contributed by atoms with Crippen molar-refractivity contribution in [2.45, 2.75) is 50.0 Å². The van der Waals surface area contributed by atoms with Crippen molar-refractivity contribution >= 4 is 22.2 Å².